The van der Waals surface area contributed by atoms with Crippen molar-refractivity contribution in [3.8, 4) is 11.1 Å². The molecular weight excluding hydrogens is 402 g/mol. The summed E-state index contributed by atoms with van der Waals surface area (Å²) >= 11 is 0. The fourth-order valence-corrected chi connectivity index (χ4v) is 4.55. The zero-order valence-corrected chi connectivity index (χ0v) is 19.0. The molecule has 1 fully saturated rings. The van der Waals surface area contributed by atoms with Gasteiger partial charge in [-0.05, 0) is 76.1 Å². The first kappa shape index (κ1) is 22.0. The number of hydrogen-bond acceptors (Lipinski definition) is 5. The first-order valence-electron chi connectivity index (χ1n) is 11.4. The van der Waals surface area contributed by atoms with E-state index >= 15 is 0 Å². The van der Waals surface area contributed by atoms with Crippen LogP contribution in [-0.4, -0.2) is 38.4 Å². The molecule has 168 valence electrons. The second-order valence-corrected chi connectivity index (χ2v) is 9.12. The lowest BCUT2D eigenvalue weighted by Crippen LogP contribution is -2.38. The van der Waals surface area contributed by atoms with Crippen molar-refractivity contribution < 1.29 is 9.59 Å². The standard InChI is InChI=1S/C25H31N5O2/c1-16(2)28-24-22(25(32)29-21-6-4-18(5-7-21)12-17(3)31)14-27-30-15-20(13-23(24)30)19-8-10-26-11-9-19/h8-11,13-16,18,21,28H,4-7,12H2,1-3H3,(H,29,32). The van der Waals surface area contributed by atoms with Gasteiger partial charge in [-0.2, -0.15) is 5.10 Å². The highest BCUT2D eigenvalue weighted by Gasteiger charge is 2.25. The van der Waals surface area contributed by atoms with Crippen LogP contribution in [0.25, 0.3) is 16.6 Å². The highest BCUT2D eigenvalue weighted by Crippen LogP contribution is 2.30. The van der Waals surface area contributed by atoms with Gasteiger partial charge in [-0.15, -0.1) is 0 Å². The first-order valence-corrected chi connectivity index (χ1v) is 11.4. The fourth-order valence-electron chi connectivity index (χ4n) is 4.55. The maximum absolute atomic E-state index is 13.2. The number of carbonyl (C=O) groups excluding carboxylic acids is 2. The Morgan fingerprint density at radius 3 is 2.50 bits per heavy atom. The Labute approximate surface area is 188 Å². The van der Waals surface area contributed by atoms with Crippen LogP contribution in [-0.2, 0) is 4.79 Å². The van der Waals surface area contributed by atoms with Crippen LogP contribution in [0.2, 0.25) is 0 Å². The lowest BCUT2D eigenvalue weighted by atomic mass is 9.83. The average Bonchev–Trinajstić information content (AvgIpc) is 3.20. The van der Waals surface area contributed by atoms with Gasteiger partial charge in [0, 0.05) is 42.7 Å². The molecule has 32 heavy (non-hydrogen) atoms. The topological polar surface area (TPSA) is 88.4 Å². The molecule has 0 aliphatic heterocycles. The predicted molar refractivity (Wildman–Crippen MR) is 126 cm³/mol. The third kappa shape index (κ3) is 4.98. The Morgan fingerprint density at radius 1 is 1.12 bits per heavy atom. The first-order chi connectivity index (χ1) is 15.4. The van der Waals surface area contributed by atoms with Crippen LogP contribution >= 0.6 is 0 Å². The van der Waals surface area contributed by atoms with Crippen LogP contribution in [0, 0.1) is 5.92 Å². The summed E-state index contributed by atoms with van der Waals surface area (Å²) in [5.74, 6) is 0.591. The van der Waals surface area contributed by atoms with Crippen molar-refractivity contribution in [2.75, 3.05) is 5.32 Å². The molecule has 0 radical (unpaired) electrons. The van der Waals surface area contributed by atoms with E-state index in [-0.39, 0.29) is 23.8 Å². The van der Waals surface area contributed by atoms with Crippen LogP contribution in [0.5, 0.6) is 0 Å². The van der Waals surface area contributed by atoms with Crippen LogP contribution in [0.1, 0.15) is 63.2 Å². The van der Waals surface area contributed by atoms with E-state index < -0.39 is 0 Å². The summed E-state index contributed by atoms with van der Waals surface area (Å²) in [4.78, 5) is 28.7. The maximum atomic E-state index is 13.2. The quantitative estimate of drug-likeness (QED) is 0.573. The van der Waals surface area contributed by atoms with E-state index in [9.17, 15) is 9.59 Å². The molecule has 0 saturated heterocycles. The number of fused-ring (bicyclic) bond motifs is 1. The summed E-state index contributed by atoms with van der Waals surface area (Å²) in [5.41, 5.74) is 4.28. The predicted octanol–water partition coefficient (Wildman–Crippen LogP) is 4.48. The number of Topliss-reactive ketones (excluding diaryl/α,β-unsaturated/α-hetero) is 1. The van der Waals surface area contributed by atoms with E-state index in [1.54, 1.807) is 25.5 Å². The van der Waals surface area contributed by atoms with Gasteiger partial charge in [-0.3, -0.25) is 9.78 Å². The van der Waals surface area contributed by atoms with E-state index in [0.29, 0.717) is 17.9 Å². The van der Waals surface area contributed by atoms with Gasteiger partial charge in [0.25, 0.3) is 5.91 Å². The molecule has 4 rings (SSSR count). The molecule has 3 aromatic heterocycles. The fraction of sp³-hybridized carbons (Fsp3) is 0.440. The van der Waals surface area contributed by atoms with E-state index in [2.05, 4.69) is 40.6 Å². The summed E-state index contributed by atoms with van der Waals surface area (Å²) in [6.07, 6.45) is 11.6. The smallest absolute Gasteiger partial charge is 0.255 e. The number of hydrogen-bond donors (Lipinski definition) is 2. The Morgan fingerprint density at radius 2 is 1.84 bits per heavy atom. The lowest BCUT2D eigenvalue weighted by Gasteiger charge is -2.29. The SMILES string of the molecule is CC(=O)CC1CCC(NC(=O)c2cnn3cc(-c4ccncc4)cc3c2NC(C)C)CC1. The lowest BCUT2D eigenvalue weighted by molar-refractivity contribution is -0.118. The summed E-state index contributed by atoms with van der Waals surface area (Å²) in [6, 6.07) is 6.26. The Hall–Kier alpha value is -3.22. The van der Waals surface area contributed by atoms with Crippen molar-refractivity contribution >= 4 is 22.9 Å². The average molecular weight is 434 g/mol. The van der Waals surface area contributed by atoms with E-state index in [0.717, 1.165) is 48.0 Å². The molecule has 0 atom stereocenters. The second kappa shape index (κ2) is 9.51. The minimum atomic E-state index is -0.107. The minimum absolute atomic E-state index is 0.107. The molecule has 7 heteroatoms. The van der Waals surface area contributed by atoms with E-state index in [1.807, 2.05) is 22.8 Å². The third-order valence-corrected chi connectivity index (χ3v) is 6.09. The van der Waals surface area contributed by atoms with Crippen LogP contribution < -0.4 is 10.6 Å². The zero-order chi connectivity index (χ0) is 22.7. The molecule has 2 N–H and O–H groups in total. The summed E-state index contributed by atoms with van der Waals surface area (Å²) in [5, 5.41) is 11.2. The number of aromatic nitrogens is 3. The number of rotatable bonds is 7. The van der Waals surface area contributed by atoms with Crippen molar-refractivity contribution in [3.05, 3.63) is 48.5 Å². The molecular formula is C25H31N5O2. The van der Waals surface area contributed by atoms with Gasteiger partial charge >= 0.3 is 0 Å². The monoisotopic (exact) mass is 433 g/mol. The Bertz CT molecular complexity index is 1100. The number of carbonyl (C=O) groups is 2. The minimum Gasteiger partial charge on any atom is -0.380 e. The van der Waals surface area contributed by atoms with Crippen molar-refractivity contribution in [3.63, 3.8) is 0 Å². The molecule has 0 aromatic carbocycles. The number of anilines is 1. The van der Waals surface area contributed by atoms with Crippen molar-refractivity contribution in [2.24, 2.45) is 5.92 Å². The number of nitrogens with one attached hydrogen (secondary N) is 2. The van der Waals surface area contributed by atoms with Crippen LogP contribution in [0.15, 0.2) is 43.0 Å². The molecule has 3 aromatic rings. The normalized spacial score (nSPS) is 18.6. The van der Waals surface area contributed by atoms with E-state index in [1.165, 1.54) is 0 Å². The number of ketones is 1. The number of nitrogens with zero attached hydrogens (tertiary/aromatic N) is 3. The molecule has 0 unspecified atom stereocenters. The van der Waals surface area contributed by atoms with Crippen LogP contribution in [0.4, 0.5) is 5.69 Å². The van der Waals surface area contributed by atoms with Gasteiger partial charge in [0.2, 0.25) is 0 Å². The van der Waals surface area contributed by atoms with Crippen molar-refractivity contribution in [2.45, 2.75) is 65.0 Å². The molecule has 1 saturated carbocycles. The summed E-state index contributed by atoms with van der Waals surface area (Å²) in [6.45, 7) is 5.77. The molecule has 3 heterocycles. The van der Waals surface area contributed by atoms with Gasteiger partial charge in [0.15, 0.2) is 0 Å². The Kier molecular flexibility index (Phi) is 6.53. The van der Waals surface area contributed by atoms with Gasteiger partial charge in [0.05, 0.1) is 23.0 Å². The third-order valence-electron chi connectivity index (χ3n) is 6.09. The highest BCUT2D eigenvalue weighted by molar-refractivity contribution is 6.03. The molecule has 7 nitrogen and oxygen atoms in total. The molecule has 1 amide bonds. The molecule has 0 bridgehead atoms. The van der Waals surface area contributed by atoms with Gasteiger partial charge in [0.1, 0.15) is 5.78 Å². The number of pyridine rings is 1. The highest BCUT2D eigenvalue weighted by atomic mass is 16.1. The summed E-state index contributed by atoms with van der Waals surface area (Å²) < 4.78 is 1.81. The molecule has 1 aliphatic rings. The van der Waals surface area contributed by atoms with E-state index in [4.69, 9.17) is 0 Å². The van der Waals surface area contributed by atoms with Gasteiger partial charge in [-0.1, -0.05) is 0 Å². The Balaban J connectivity index is 1.57. The maximum Gasteiger partial charge on any atom is 0.255 e. The molecule has 1 aliphatic carbocycles. The van der Waals surface area contributed by atoms with Gasteiger partial charge in [-0.25, -0.2) is 4.52 Å². The largest absolute Gasteiger partial charge is 0.380 e. The second-order valence-electron chi connectivity index (χ2n) is 9.12. The zero-order valence-electron chi connectivity index (χ0n) is 19.0. The van der Waals surface area contributed by atoms with Crippen LogP contribution in [0.3, 0.4) is 0 Å². The summed E-state index contributed by atoms with van der Waals surface area (Å²) in [7, 11) is 0. The number of amides is 1. The molecule has 0 spiro atoms. The van der Waals surface area contributed by atoms with Crippen molar-refractivity contribution in [1.29, 1.82) is 0 Å². The van der Waals surface area contributed by atoms with Crippen molar-refractivity contribution in [1.82, 2.24) is 19.9 Å². The van der Waals surface area contributed by atoms with Gasteiger partial charge < -0.3 is 15.4 Å².